The largest absolute Gasteiger partial charge is 0.493 e. The number of benzene rings is 2. The number of hydrogen-bond acceptors (Lipinski definition) is 6. The van der Waals surface area contributed by atoms with Gasteiger partial charge in [-0.05, 0) is 37.3 Å². The summed E-state index contributed by atoms with van der Waals surface area (Å²) < 4.78 is 38.6. The zero-order valence-electron chi connectivity index (χ0n) is 18.9. The van der Waals surface area contributed by atoms with E-state index in [4.69, 9.17) is 9.47 Å². The Hall–Kier alpha value is -3.11. The number of aryl methyl sites for hydroxylation is 2. The summed E-state index contributed by atoms with van der Waals surface area (Å²) in [4.78, 5) is 17.2. The van der Waals surface area contributed by atoms with Crippen molar-refractivity contribution >= 4 is 32.7 Å². The number of fused-ring (bicyclic) bond motifs is 1. The third-order valence-corrected chi connectivity index (χ3v) is 6.86. The molecule has 2 aromatic carbocycles. The fourth-order valence-electron chi connectivity index (χ4n) is 3.29. The number of imidazole rings is 1. The molecular formula is C22H28N4O5S. The predicted molar refractivity (Wildman–Crippen MR) is 123 cm³/mol. The molecule has 32 heavy (non-hydrogen) atoms. The Labute approximate surface area is 188 Å². The number of sulfonamides is 1. The van der Waals surface area contributed by atoms with Crippen LogP contribution < -0.4 is 14.8 Å². The van der Waals surface area contributed by atoms with E-state index in [1.54, 1.807) is 43.5 Å². The minimum Gasteiger partial charge on any atom is -0.493 e. The smallest absolute Gasteiger partial charge is 0.242 e. The molecule has 0 saturated carbocycles. The first-order chi connectivity index (χ1) is 15.2. The highest BCUT2D eigenvalue weighted by Crippen LogP contribution is 2.30. The molecule has 0 aliphatic carbocycles. The second kappa shape index (κ2) is 9.58. The maximum atomic E-state index is 12.5. The van der Waals surface area contributed by atoms with Crippen LogP contribution in [0.25, 0.3) is 11.0 Å². The second-order valence-electron chi connectivity index (χ2n) is 7.37. The first-order valence-electron chi connectivity index (χ1n) is 10.2. The Morgan fingerprint density at radius 2 is 1.91 bits per heavy atom. The van der Waals surface area contributed by atoms with Gasteiger partial charge in [0, 0.05) is 45.7 Å². The van der Waals surface area contributed by atoms with Crippen LogP contribution in [0.15, 0.2) is 41.3 Å². The topological polar surface area (TPSA) is 103 Å². The molecule has 0 bridgehead atoms. The van der Waals surface area contributed by atoms with Gasteiger partial charge in [-0.1, -0.05) is 0 Å². The van der Waals surface area contributed by atoms with Crippen molar-refractivity contribution in [3.63, 3.8) is 0 Å². The number of rotatable bonds is 9. The molecule has 3 aromatic rings. The predicted octanol–water partition coefficient (Wildman–Crippen LogP) is 2.80. The van der Waals surface area contributed by atoms with Crippen molar-refractivity contribution in [2.24, 2.45) is 7.05 Å². The number of hydrogen-bond donors (Lipinski definition) is 1. The molecule has 0 atom stereocenters. The molecule has 0 aliphatic rings. The molecule has 0 radical (unpaired) electrons. The number of methoxy groups -OCH3 is 1. The third-order valence-electron chi connectivity index (χ3n) is 5.05. The summed E-state index contributed by atoms with van der Waals surface area (Å²) in [5, 5.41) is 2.85. The van der Waals surface area contributed by atoms with Crippen LogP contribution in [0.2, 0.25) is 0 Å². The maximum absolute atomic E-state index is 12.5. The van der Waals surface area contributed by atoms with E-state index in [0.29, 0.717) is 41.6 Å². The second-order valence-corrected chi connectivity index (χ2v) is 9.52. The molecule has 0 unspecified atom stereocenters. The van der Waals surface area contributed by atoms with E-state index in [2.05, 4.69) is 10.3 Å². The standard InChI is InChI=1S/C22H28N4O5S/c1-6-31-19-10-7-15(13-20(19)30-5)23-22(27)12-11-21-24-17-14-16(32(28,29)25(2)3)8-9-18(17)26(21)4/h7-10,13-14H,6,11-12H2,1-5H3,(H,23,27). The molecule has 1 heterocycles. The average Bonchev–Trinajstić information content (AvgIpc) is 3.08. The van der Waals surface area contributed by atoms with Crippen LogP contribution in [0.4, 0.5) is 5.69 Å². The van der Waals surface area contributed by atoms with Gasteiger partial charge < -0.3 is 19.4 Å². The monoisotopic (exact) mass is 460 g/mol. The highest BCUT2D eigenvalue weighted by molar-refractivity contribution is 7.89. The van der Waals surface area contributed by atoms with Gasteiger partial charge in [0.1, 0.15) is 5.82 Å². The normalized spacial score (nSPS) is 11.7. The Balaban J connectivity index is 1.72. The Bertz CT molecular complexity index is 1230. The van der Waals surface area contributed by atoms with Crippen LogP contribution >= 0.6 is 0 Å². The minimum atomic E-state index is -3.54. The van der Waals surface area contributed by atoms with Crippen LogP contribution in [0, 0.1) is 0 Å². The van der Waals surface area contributed by atoms with Gasteiger partial charge in [-0.3, -0.25) is 4.79 Å². The lowest BCUT2D eigenvalue weighted by Crippen LogP contribution is -2.22. The first-order valence-corrected chi connectivity index (χ1v) is 11.6. The Kier molecular flexibility index (Phi) is 7.05. The maximum Gasteiger partial charge on any atom is 0.242 e. The van der Waals surface area contributed by atoms with Crippen molar-refractivity contribution < 1.29 is 22.7 Å². The molecule has 1 aromatic heterocycles. The van der Waals surface area contributed by atoms with Crippen LogP contribution in [0.3, 0.4) is 0 Å². The van der Waals surface area contributed by atoms with Gasteiger partial charge >= 0.3 is 0 Å². The van der Waals surface area contributed by atoms with Crippen molar-refractivity contribution in [3.8, 4) is 11.5 Å². The fourth-order valence-corrected chi connectivity index (χ4v) is 4.22. The highest BCUT2D eigenvalue weighted by atomic mass is 32.2. The summed E-state index contributed by atoms with van der Waals surface area (Å²) in [6, 6.07) is 10.1. The van der Waals surface area contributed by atoms with Gasteiger partial charge in [-0.2, -0.15) is 0 Å². The van der Waals surface area contributed by atoms with Crippen molar-refractivity contribution in [3.05, 3.63) is 42.2 Å². The molecule has 172 valence electrons. The van der Waals surface area contributed by atoms with E-state index >= 15 is 0 Å². The van der Waals surface area contributed by atoms with E-state index in [0.717, 1.165) is 9.82 Å². The zero-order valence-corrected chi connectivity index (χ0v) is 19.7. The Morgan fingerprint density at radius 1 is 1.16 bits per heavy atom. The molecule has 9 nitrogen and oxygen atoms in total. The van der Waals surface area contributed by atoms with Gasteiger partial charge in [0.15, 0.2) is 11.5 Å². The van der Waals surface area contributed by atoms with Crippen molar-refractivity contribution in [1.82, 2.24) is 13.9 Å². The fraction of sp³-hybridized carbons (Fsp3) is 0.364. The summed E-state index contributed by atoms with van der Waals surface area (Å²) in [6.45, 7) is 2.40. The molecule has 10 heteroatoms. The van der Waals surface area contributed by atoms with Gasteiger partial charge in [0.2, 0.25) is 15.9 Å². The summed E-state index contributed by atoms with van der Waals surface area (Å²) in [7, 11) is 2.83. The van der Waals surface area contributed by atoms with Crippen molar-refractivity contribution in [2.75, 3.05) is 33.1 Å². The number of aromatic nitrogens is 2. The molecule has 0 fully saturated rings. The van der Waals surface area contributed by atoms with Crippen LogP contribution in [-0.2, 0) is 28.3 Å². The summed E-state index contributed by atoms with van der Waals surface area (Å²) in [6.07, 6.45) is 0.622. The molecule has 0 aliphatic heterocycles. The Morgan fingerprint density at radius 3 is 2.56 bits per heavy atom. The van der Waals surface area contributed by atoms with Gasteiger partial charge in [0.25, 0.3) is 0 Å². The molecule has 1 amide bonds. The summed E-state index contributed by atoms with van der Waals surface area (Å²) in [5.74, 6) is 1.69. The number of nitrogens with one attached hydrogen (secondary N) is 1. The van der Waals surface area contributed by atoms with Gasteiger partial charge in [-0.25, -0.2) is 17.7 Å². The molecular weight excluding hydrogens is 432 g/mol. The summed E-state index contributed by atoms with van der Waals surface area (Å²) >= 11 is 0. The highest BCUT2D eigenvalue weighted by Gasteiger charge is 2.19. The summed E-state index contributed by atoms with van der Waals surface area (Å²) in [5.41, 5.74) is 1.98. The first kappa shape index (κ1) is 23.6. The SMILES string of the molecule is CCOc1ccc(NC(=O)CCc2nc3cc(S(=O)(=O)N(C)C)ccc3n2C)cc1OC. The van der Waals surface area contributed by atoms with Crippen LogP contribution in [0.1, 0.15) is 19.2 Å². The van der Waals surface area contributed by atoms with Crippen molar-refractivity contribution in [2.45, 2.75) is 24.7 Å². The number of amides is 1. The van der Waals surface area contributed by atoms with Crippen LogP contribution in [0.5, 0.6) is 11.5 Å². The molecule has 0 spiro atoms. The van der Waals surface area contributed by atoms with E-state index < -0.39 is 10.0 Å². The molecule has 1 N–H and O–H groups in total. The van der Waals surface area contributed by atoms with E-state index in [1.807, 2.05) is 18.5 Å². The van der Waals surface area contributed by atoms with Gasteiger partial charge in [0.05, 0.1) is 29.6 Å². The van der Waals surface area contributed by atoms with E-state index in [9.17, 15) is 13.2 Å². The number of ether oxygens (including phenoxy) is 2. The average molecular weight is 461 g/mol. The van der Waals surface area contributed by atoms with E-state index in [1.165, 1.54) is 14.1 Å². The lowest BCUT2D eigenvalue weighted by atomic mass is 10.2. The number of carbonyl (C=O) groups excluding carboxylic acids is 1. The molecule has 3 rings (SSSR count). The van der Waals surface area contributed by atoms with Crippen molar-refractivity contribution in [1.29, 1.82) is 0 Å². The lowest BCUT2D eigenvalue weighted by molar-refractivity contribution is -0.116. The van der Waals surface area contributed by atoms with Gasteiger partial charge in [-0.15, -0.1) is 0 Å². The number of nitrogens with zero attached hydrogens (tertiary/aromatic N) is 3. The number of carbonyl (C=O) groups is 1. The quantitative estimate of drug-likeness (QED) is 0.527. The minimum absolute atomic E-state index is 0.167. The lowest BCUT2D eigenvalue weighted by Gasteiger charge is -2.11. The number of anilines is 1. The third kappa shape index (κ3) is 4.86. The van der Waals surface area contributed by atoms with E-state index in [-0.39, 0.29) is 17.2 Å². The van der Waals surface area contributed by atoms with Crippen LogP contribution in [-0.4, -0.2) is 56.0 Å². The molecule has 0 saturated heterocycles. The zero-order chi connectivity index (χ0) is 23.5.